The van der Waals surface area contributed by atoms with Crippen LogP contribution in [-0.4, -0.2) is 29.6 Å². The van der Waals surface area contributed by atoms with Crippen LogP contribution in [0.2, 0.25) is 0 Å². The van der Waals surface area contributed by atoms with Gasteiger partial charge in [0.2, 0.25) is 0 Å². The predicted octanol–water partition coefficient (Wildman–Crippen LogP) is 0.407. The Morgan fingerprint density at radius 2 is 2.40 bits per heavy atom. The number of methoxy groups -OCH3 is 1. The summed E-state index contributed by atoms with van der Waals surface area (Å²) in [4.78, 5) is 23.0. The number of fused-ring (bicyclic) bond motifs is 1. The molecule has 1 atom stereocenters. The molecule has 0 saturated heterocycles. The van der Waals surface area contributed by atoms with Gasteiger partial charge < -0.3 is 14.6 Å². The Balaban J connectivity index is 2.46. The zero-order chi connectivity index (χ0) is 11.0. The van der Waals surface area contributed by atoms with E-state index in [0.29, 0.717) is 17.8 Å². The maximum atomic E-state index is 11.7. The van der Waals surface area contributed by atoms with Gasteiger partial charge >= 0.3 is 5.97 Å². The number of nitrogens with zero attached hydrogens (tertiary/aromatic N) is 1. The van der Waals surface area contributed by atoms with Crippen molar-refractivity contribution in [1.82, 2.24) is 9.88 Å². The van der Waals surface area contributed by atoms with Crippen molar-refractivity contribution in [3.8, 4) is 0 Å². The van der Waals surface area contributed by atoms with Gasteiger partial charge in [-0.15, -0.1) is 0 Å². The maximum absolute atomic E-state index is 11.7. The number of hydrogen-bond acceptors (Lipinski definition) is 3. The number of carbonyl (C=O) groups excluding carboxylic acids is 2. The van der Waals surface area contributed by atoms with Crippen molar-refractivity contribution < 1.29 is 14.3 Å². The lowest BCUT2D eigenvalue weighted by atomic mass is 10.2. The van der Waals surface area contributed by atoms with Gasteiger partial charge in [-0.05, 0) is 13.0 Å². The number of carbonyl (C=O) groups is 2. The summed E-state index contributed by atoms with van der Waals surface area (Å²) < 4.78 is 6.38. The lowest BCUT2D eigenvalue weighted by Crippen LogP contribution is -2.42. The van der Waals surface area contributed by atoms with Crippen molar-refractivity contribution in [2.75, 3.05) is 7.11 Å². The number of amides is 1. The minimum Gasteiger partial charge on any atom is -0.465 e. The SMILES string of the molecule is COC(=O)c1ccn2c1C(=O)NC(C)C2. The molecule has 1 aliphatic heterocycles. The summed E-state index contributed by atoms with van der Waals surface area (Å²) in [6.45, 7) is 2.59. The van der Waals surface area contributed by atoms with Crippen LogP contribution in [0.25, 0.3) is 0 Å². The molecule has 80 valence electrons. The maximum Gasteiger partial charge on any atom is 0.340 e. The van der Waals surface area contributed by atoms with E-state index in [1.54, 1.807) is 16.8 Å². The minimum absolute atomic E-state index is 0.0860. The monoisotopic (exact) mass is 208 g/mol. The molecule has 5 nitrogen and oxygen atoms in total. The number of hydrogen-bond donors (Lipinski definition) is 1. The highest BCUT2D eigenvalue weighted by molar-refractivity contribution is 6.04. The molecule has 15 heavy (non-hydrogen) atoms. The summed E-state index contributed by atoms with van der Waals surface area (Å²) in [5.74, 6) is -0.701. The van der Waals surface area contributed by atoms with E-state index in [-0.39, 0.29) is 11.9 Å². The average Bonchev–Trinajstić information content (AvgIpc) is 2.60. The summed E-state index contributed by atoms with van der Waals surface area (Å²) >= 11 is 0. The Hall–Kier alpha value is -1.78. The predicted molar refractivity (Wildman–Crippen MR) is 52.7 cm³/mol. The van der Waals surface area contributed by atoms with Crippen LogP contribution in [-0.2, 0) is 11.3 Å². The zero-order valence-corrected chi connectivity index (χ0v) is 8.61. The molecule has 0 fully saturated rings. The standard InChI is InChI=1S/C10H12N2O3/c1-6-5-12-4-3-7(10(14)15-2)8(12)9(13)11-6/h3-4,6H,5H2,1-2H3,(H,11,13). The van der Waals surface area contributed by atoms with Crippen LogP contribution in [0.3, 0.4) is 0 Å². The average molecular weight is 208 g/mol. The second-order valence-corrected chi connectivity index (χ2v) is 3.60. The second kappa shape index (κ2) is 3.42. The van der Waals surface area contributed by atoms with Crippen molar-refractivity contribution in [2.24, 2.45) is 0 Å². The van der Waals surface area contributed by atoms with E-state index in [1.165, 1.54) is 7.11 Å². The Morgan fingerprint density at radius 1 is 1.67 bits per heavy atom. The van der Waals surface area contributed by atoms with Crippen LogP contribution in [0, 0.1) is 0 Å². The fourth-order valence-corrected chi connectivity index (χ4v) is 1.79. The van der Waals surface area contributed by atoms with Crippen molar-refractivity contribution in [3.63, 3.8) is 0 Å². The summed E-state index contributed by atoms with van der Waals surface area (Å²) in [7, 11) is 1.30. The Morgan fingerprint density at radius 3 is 3.07 bits per heavy atom. The van der Waals surface area contributed by atoms with E-state index < -0.39 is 5.97 Å². The van der Waals surface area contributed by atoms with Crippen molar-refractivity contribution in [2.45, 2.75) is 19.5 Å². The van der Waals surface area contributed by atoms with Crippen LogP contribution in [0.1, 0.15) is 27.8 Å². The van der Waals surface area contributed by atoms with Crippen LogP contribution < -0.4 is 5.32 Å². The molecule has 1 unspecified atom stereocenters. The van der Waals surface area contributed by atoms with E-state index in [0.717, 1.165) is 0 Å². The van der Waals surface area contributed by atoms with Gasteiger partial charge in [-0.25, -0.2) is 4.79 Å². The molecule has 0 spiro atoms. The van der Waals surface area contributed by atoms with Crippen molar-refractivity contribution in [1.29, 1.82) is 0 Å². The largest absolute Gasteiger partial charge is 0.465 e. The molecule has 0 radical (unpaired) electrons. The number of aromatic nitrogens is 1. The molecule has 2 heterocycles. The molecule has 0 saturated carbocycles. The fourth-order valence-electron chi connectivity index (χ4n) is 1.79. The van der Waals surface area contributed by atoms with Crippen molar-refractivity contribution in [3.05, 3.63) is 23.5 Å². The third-order valence-electron chi connectivity index (χ3n) is 2.43. The fraction of sp³-hybridized carbons (Fsp3) is 0.400. The zero-order valence-electron chi connectivity index (χ0n) is 8.61. The van der Waals surface area contributed by atoms with Gasteiger partial charge in [0.05, 0.1) is 12.7 Å². The first-order chi connectivity index (χ1) is 7.13. The van der Waals surface area contributed by atoms with E-state index in [1.807, 2.05) is 6.92 Å². The van der Waals surface area contributed by atoms with Gasteiger partial charge in [-0.2, -0.15) is 0 Å². The molecule has 0 aliphatic carbocycles. The first-order valence-electron chi connectivity index (χ1n) is 4.71. The highest BCUT2D eigenvalue weighted by Gasteiger charge is 2.27. The Labute approximate surface area is 87.0 Å². The summed E-state index contributed by atoms with van der Waals surface area (Å²) in [5.41, 5.74) is 0.710. The highest BCUT2D eigenvalue weighted by Crippen LogP contribution is 2.16. The second-order valence-electron chi connectivity index (χ2n) is 3.60. The number of ether oxygens (including phenoxy) is 1. The summed E-state index contributed by atoms with van der Waals surface area (Å²) in [6.07, 6.45) is 1.73. The van der Waals surface area contributed by atoms with Crippen molar-refractivity contribution >= 4 is 11.9 Å². The van der Waals surface area contributed by atoms with Gasteiger partial charge in [0.15, 0.2) is 0 Å². The lowest BCUT2D eigenvalue weighted by Gasteiger charge is -2.22. The molecule has 5 heteroatoms. The summed E-state index contributed by atoms with van der Waals surface area (Å²) in [5, 5.41) is 2.77. The Kier molecular flexibility index (Phi) is 2.22. The van der Waals surface area contributed by atoms with E-state index in [2.05, 4.69) is 10.1 Å². The normalized spacial score (nSPS) is 19.3. The van der Waals surface area contributed by atoms with Gasteiger partial charge in [-0.1, -0.05) is 0 Å². The van der Waals surface area contributed by atoms with Crippen LogP contribution in [0.15, 0.2) is 12.3 Å². The molecule has 1 amide bonds. The molecule has 0 aromatic carbocycles. The Bertz CT molecular complexity index is 422. The van der Waals surface area contributed by atoms with Gasteiger partial charge in [0.1, 0.15) is 5.69 Å². The third kappa shape index (κ3) is 1.49. The first-order valence-corrected chi connectivity index (χ1v) is 4.71. The molecule has 1 N–H and O–H groups in total. The quantitative estimate of drug-likeness (QED) is 0.680. The third-order valence-corrected chi connectivity index (χ3v) is 2.43. The molecular weight excluding hydrogens is 196 g/mol. The van der Waals surface area contributed by atoms with Crippen LogP contribution in [0.5, 0.6) is 0 Å². The molecule has 1 aromatic rings. The minimum atomic E-state index is -0.478. The van der Waals surface area contributed by atoms with E-state index in [9.17, 15) is 9.59 Å². The number of rotatable bonds is 1. The molecular formula is C10H12N2O3. The smallest absolute Gasteiger partial charge is 0.340 e. The topological polar surface area (TPSA) is 60.3 Å². The van der Waals surface area contributed by atoms with Gasteiger partial charge in [0, 0.05) is 18.8 Å². The molecule has 2 rings (SSSR count). The van der Waals surface area contributed by atoms with Gasteiger partial charge in [-0.3, -0.25) is 4.79 Å². The number of nitrogens with one attached hydrogen (secondary N) is 1. The molecule has 0 bridgehead atoms. The lowest BCUT2D eigenvalue weighted by molar-refractivity contribution is 0.0594. The van der Waals surface area contributed by atoms with Crippen LogP contribution >= 0.6 is 0 Å². The van der Waals surface area contributed by atoms with Crippen LogP contribution in [0.4, 0.5) is 0 Å². The number of esters is 1. The summed E-state index contributed by atoms with van der Waals surface area (Å²) in [6, 6.07) is 1.70. The van der Waals surface area contributed by atoms with Gasteiger partial charge in [0.25, 0.3) is 5.91 Å². The first kappa shape index (κ1) is 9.76. The van der Waals surface area contributed by atoms with E-state index >= 15 is 0 Å². The van der Waals surface area contributed by atoms with E-state index in [4.69, 9.17) is 0 Å². The molecule has 1 aliphatic rings. The highest BCUT2D eigenvalue weighted by atomic mass is 16.5. The molecule has 1 aromatic heterocycles.